The number of carboxylic acid groups (broad SMARTS) is 1. The van der Waals surface area contributed by atoms with E-state index in [1.807, 2.05) is 0 Å². The van der Waals surface area contributed by atoms with Crippen molar-refractivity contribution in [1.82, 2.24) is 0 Å². The minimum absolute atomic E-state index is 0.0389. The Morgan fingerprint density at radius 2 is 1.91 bits per heavy atom. The Hall–Kier alpha value is -0.990. The van der Waals surface area contributed by atoms with Gasteiger partial charge in [-0.25, -0.2) is 0 Å². The largest absolute Gasteiger partial charge is 0.480 e. The lowest BCUT2D eigenvalue weighted by Crippen LogP contribution is -2.47. The quantitative estimate of drug-likeness (QED) is 0.444. The van der Waals surface area contributed by atoms with E-state index in [4.69, 9.17) is 10.8 Å². The van der Waals surface area contributed by atoms with Crippen molar-refractivity contribution >= 4 is 17.7 Å². The second kappa shape index (κ2) is 9.22. The second-order valence-electron chi connectivity index (χ2n) is 4.70. The van der Waals surface area contributed by atoms with Crippen molar-refractivity contribution < 1.29 is 28.2 Å². The molecular weight excluding hydrogens is 319 g/mol. The van der Waals surface area contributed by atoms with E-state index in [0.717, 1.165) is 11.8 Å². The molecule has 4 nitrogen and oxygen atoms in total. The molecule has 0 heterocycles. The van der Waals surface area contributed by atoms with E-state index in [1.54, 1.807) is 6.92 Å². The fourth-order valence-electron chi connectivity index (χ4n) is 1.76. The maximum absolute atomic E-state index is 13.2. The zero-order valence-corrected chi connectivity index (χ0v) is 13.4. The number of alkyl halides is 3. The van der Waals surface area contributed by atoms with Crippen LogP contribution in [0.5, 0.6) is 0 Å². The molecule has 0 aliphatic carbocycles. The standard InChI is InChI=1S/C14H22F3NO3S/c1-3-5-10(4-2)13(21,14(15,16)17)7-9-22-8-6-11(18)12(19)20/h3-5,11,21H,6-9,18H2,1-2H3,(H,19,20)/b5-3-,10-4+. The fourth-order valence-corrected chi connectivity index (χ4v) is 2.82. The first-order valence-electron chi connectivity index (χ1n) is 6.74. The first-order valence-corrected chi connectivity index (χ1v) is 7.90. The molecule has 0 saturated heterocycles. The maximum atomic E-state index is 13.2. The topological polar surface area (TPSA) is 83.5 Å². The molecule has 0 aromatic carbocycles. The monoisotopic (exact) mass is 341 g/mol. The Morgan fingerprint density at radius 3 is 2.32 bits per heavy atom. The molecule has 0 fully saturated rings. The molecule has 0 aliphatic rings. The number of carbonyl (C=O) groups is 1. The lowest BCUT2D eigenvalue weighted by Gasteiger charge is -2.31. The number of hydrogen-bond acceptors (Lipinski definition) is 4. The lowest BCUT2D eigenvalue weighted by molar-refractivity contribution is -0.243. The number of rotatable bonds is 9. The highest BCUT2D eigenvalue weighted by molar-refractivity contribution is 7.99. The van der Waals surface area contributed by atoms with Gasteiger partial charge in [0.05, 0.1) is 0 Å². The van der Waals surface area contributed by atoms with Gasteiger partial charge in [-0.05, 0) is 43.8 Å². The Labute approximate surface area is 132 Å². The van der Waals surface area contributed by atoms with Crippen LogP contribution in [-0.4, -0.2) is 45.5 Å². The molecule has 2 atom stereocenters. The van der Waals surface area contributed by atoms with Crippen LogP contribution in [0.15, 0.2) is 23.8 Å². The Bertz CT molecular complexity index is 424. The highest BCUT2D eigenvalue weighted by atomic mass is 32.2. The third-order valence-corrected chi connectivity index (χ3v) is 4.12. The van der Waals surface area contributed by atoms with Crippen molar-refractivity contribution in [2.24, 2.45) is 5.73 Å². The molecule has 0 rings (SSSR count). The summed E-state index contributed by atoms with van der Waals surface area (Å²) in [6.45, 7) is 3.01. The number of halogens is 3. The van der Waals surface area contributed by atoms with Crippen LogP contribution in [0.2, 0.25) is 0 Å². The number of aliphatic hydroxyl groups is 1. The summed E-state index contributed by atoms with van der Waals surface area (Å²) in [5, 5.41) is 18.7. The van der Waals surface area contributed by atoms with Gasteiger partial charge in [0.2, 0.25) is 0 Å². The van der Waals surface area contributed by atoms with Gasteiger partial charge in [-0.1, -0.05) is 18.2 Å². The van der Waals surface area contributed by atoms with Crippen molar-refractivity contribution in [3.63, 3.8) is 0 Å². The van der Waals surface area contributed by atoms with Crippen LogP contribution >= 0.6 is 11.8 Å². The first kappa shape index (κ1) is 21.0. The van der Waals surface area contributed by atoms with Crippen LogP contribution in [0.25, 0.3) is 0 Å². The van der Waals surface area contributed by atoms with E-state index in [2.05, 4.69) is 0 Å². The summed E-state index contributed by atoms with van der Waals surface area (Å²) >= 11 is 1.13. The molecule has 0 saturated carbocycles. The van der Waals surface area contributed by atoms with E-state index < -0.39 is 30.2 Å². The Morgan fingerprint density at radius 1 is 1.32 bits per heavy atom. The predicted molar refractivity (Wildman–Crippen MR) is 81.7 cm³/mol. The molecule has 128 valence electrons. The summed E-state index contributed by atoms with van der Waals surface area (Å²) in [4.78, 5) is 10.5. The molecule has 0 radical (unpaired) electrons. The van der Waals surface area contributed by atoms with Crippen molar-refractivity contribution in [2.45, 2.75) is 44.5 Å². The van der Waals surface area contributed by atoms with Gasteiger partial charge in [-0.15, -0.1) is 0 Å². The highest BCUT2D eigenvalue weighted by Gasteiger charge is 2.54. The predicted octanol–water partition coefficient (Wildman–Crippen LogP) is 2.73. The molecule has 0 aromatic heterocycles. The average Bonchev–Trinajstić information content (AvgIpc) is 2.42. The first-order chi connectivity index (χ1) is 10.1. The zero-order valence-electron chi connectivity index (χ0n) is 12.6. The van der Waals surface area contributed by atoms with Crippen LogP contribution in [0.1, 0.15) is 26.7 Å². The van der Waals surface area contributed by atoms with Gasteiger partial charge in [0.25, 0.3) is 0 Å². The number of nitrogens with two attached hydrogens (primary N) is 1. The van der Waals surface area contributed by atoms with Gasteiger partial charge >= 0.3 is 12.1 Å². The maximum Gasteiger partial charge on any atom is 0.421 e. The summed E-state index contributed by atoms with van der Waals surface area (Å²) in [6.07, 6.45) is -1.22. The van der Waals surface area contributed by atoms with Crippen LogP contribution in [0.4, 0.5) is 13.2 Å². The second-order valence-corrected chi connectivity index (χ2v) is 5.92. The van der Waals surface area contributed by atoms with Gasteiger partial charge in [0, 0.05) is 0 Å². The number of carboxylic acids is 1. The molecule has 4 N–H and O–H groups in total. The van der Waals surface area contributed by atoms with Crippen molar-refractivity contribution in [1.29, 1.82) is 0 Å². The van der Waals surface area contributed by atoms with Crippen LogP contribution in [-0.2, 0) is 4.79 Å². The Kier molecular flexibility index (Phi) is 8.80. The molecule has 0 spiro atoms. The molecule has 22 heavy (non-hydrogen) atoms. The smallest absolute Gasteiger partial charge is 0.421 e. The van der Waals surface area contributed by atoms with Crippen LogP contribution < -0.4 is 5.73 Å². The summed E-state index contributed by atoms with van der Waals surface area (Å²) in [5.41, 5.74) is 2.19. The summed E-state index contributed by atoms with van der Waals surface area (Å²) < 4.78 is 39.5. The summed E-state index contributed by atoms with van der Waals surface area (Å²) in [7, 11) is 0. The molecular formula is C14H22F3NO3S. The van der Waals surface area contributed by atoms with Crippen molar-refractivity contribution in [2.75, 3.05) is 11.5 Å². The number of hydrogen-bond donors (Lipinski definition) is 3. The zero-order chi connectivity index (χ0) is 17.4. The minimum atomic E-state index is -4.79. The third-order valence-electron chi connectivity index (χ3n) is 3.10. The van der Waals surface area contributed by atoms with Crippen molar-refractivity contribution in [3.05, 3.63) is 23.8 Å². The molecule has 0 aromatic rings. The number of allylic oxidation sites excluding steroid dienone is 2. The van der Waals surface area contributed by atoms with Gasteiger partial charge < -0.3 is 15.9 Å². The normalized spacial score (nSPS) is 17.5. The fraction of sp³-hybridized carbons (Fsp3) is 0.643. The molecule has 8 heteroatoms. The van der Waals surface area contributed by atoms with Gasteiger partial charge in [-0.2, -0.15) is 24.9 Å². The molecule has 0 aliphatic heterocycles. The van der Waals surface area contributed by atoms with Crippen molar-refractivity contribution in [3.8, 4) is 0 Å². The van der Waals surface area contributed by atoms with E-state index in [-0.39, 0.29) is 17.7 Å². The van der Waals surface area contributed by atoms with E-state index in [0.29, 0.717) is 5.75 Å². The minimum Gasteiger partial charge on any atom is -0.480 e. The van der Waals surface area contributed by atoms with Crippen LogP contribution in [0, 0.1) is 0 Å². The van der Waals surface area contributed by atoms with Crippen LogP contribution in [0.3, 0.4) is 0 Å². The third kappa shape index (κ3) is 6.02. The molecule has 0 amide bonds. The van der Waals surface area contributed by atoms with Gasteiger partial charge in [0.15, 0.2) is 5.60 Å². The van der Waals surface area contributed by atoms with E-state index in [1.165, 1.54) is 25.2 Å². The van der Waals surface area contributed by atoms with Gasteiger partial charge in [0.1, 0.15) is 6.04 Å². The van der Waals surface area contributed by atoms with E-state index in [9.17, 15) is 23.1 Å². The molecule has 2 unspecified atom stereocenters. The SMILES string of the molecule is C/C=C\C(=C/C)C(O)(CCSCCC(N)C(=O)O)C(F)(F)F. The average molecular weight is 341 g/mol. The molecule has 0 bridgehead atoms. The summed E-state index contributed by atoms with van der Waals surface area (Å²) in [6, 6.07) is -1.02. The highest BCUT2D eigenvalue weighted by Crippen LogP contribution is 2.40. The van der Waals surface area contributed by atoms with E-state index >= 15 is 0 Å². The number of thioether (sulfide) groups is 1. The van der Waals surface area contributed by atoms with Gasteiger partial charge in [-0.3, -0.25) is 4.79 Å². The summed E-state index contributed by atoms with van der Waals surface area (Å²) in [5.74, 6) is -0.787. The lowest BCUT2D eigenvalue weighted by atomic mass is 9.89. The Balaban J connectivity index is 4.68. The number of aliphatic carboxylic acids is 1.